The van der Waals surface area contributed by atoms with E-state index in [0.717, 1.165) is 27.8 Å². The summed E-state index contributed by atoms with van der Waals surface area (Å²) in [6, 6.07) is 14.9. The van der Waals surface area contributed by atoms with Gasteiger partial charge in [-0.15, -0.1) is 0 Å². The van der Waals surface area contributed by atoms with E-state index in [1.807, 2.05) is 45.0 Å². The second-order valence-corrected chi connectivity index (χ2v) is 8.14. The standard InChI is InChI=1S/C25H22ClN3O2/c1-15-4-7-20(17(3)12-15)22-23(28-21-13-19(26)6-5-16(21)2)25(31)29(24(22)30)14-18-8-10-27-11-9-18/h4-13,28H,14H2,1-3H3. The van der Waals surface area contributed by atoms with Gasteiger partial charge in [-0.05, 0) is 67.3 Å². The first-order chi connectivity index (χ1) is 14.8. The van der Waals surface area contributed by atoms with Crippen LogP contribution in [0.25, 0.3) is 5.57 Å². The number of anilines is 1. The van der Waals surface area contributed by atoms with Crippen LogP contribution in [-0.2, 0) is 16.1 Å². The first-order valence-corrected chi connectivity index (χ1v) is 10.3. The van der Waals surface area contributed by atoms with E-state index >= 15 is 0 Å². The molecule has 0 spiro atoms. The van der Waals surface area contributed by atoms with E-state index in [0.29, 0.717) is 16.3 Å². The van der Waals surface area contributed by atoms with Gasteiger partial charge in [0.2, 0.25) is 0 Å². The summed E-state index contributed by atoms with van der Waals surface area (Å²) < 4.78 is 0. The minimum Gasteiger partial charge on any atom is -0.350 e. The number of halogens is 1. The predicted molar refractivity (Wildman–Crippen MR) is 122 cm³/mol. The van der Waals surface area contributed by atoms with Crippen LogP contribution in [0, 0.1) is 20.8 Å². The van der Waals surface area contributed by atoms with Gasteiger partial charge in [-0.25, -0.2) is 0 Å². The SMILES string of the molecule is Cc1ccc(C2=C(Nc3cc(Cl)ccc3C)C(=O)N(Cc3ccncc3)C2=O)c(C)c1. The number of hydrogen-bond donors (Lipinski definition) is 1. The number of nitrogens with zero attached hydrogens (tertiary/aromatic N) is 2. The van der Waals surface area contributed by atoms with Crippen molar-refractivity contribution in [2.75, 3.05) is 5.32 Å². The Labute approximate surface area is 186 Å². The van der Waals surface area contributed by atoms with Crippen molar-refractivity contribution in [2.24, 2.45) is 0 Å². The number of carbonyl (C=O) groups is 2. The number of benzene rings is 2. The van der Waals surface area contributed by atoms with Crippen LogP contribution in [0.1, 0.15) is 27.8 Å². The Morgan fingerprint density at radius 1 is 0.903 bits per heavy atom. The van der Waals surface area contributed by atoms with Crippen LogP contribution in [0.2, 0.25) is 5.02 Å². The molecule has 0 radical (unpaired) electrons. The van der Waals surface area contributed by atoms with Crippen molar-refractivity contribution in [1.82, 2.24) is 9.88 Å². The summed E-state index contributed by atoms with van der Waals surface area (Å²) in [6.07, 6.45) is 3.29. The molecule has 1 aliphatic heterocycles. The smallest absolute Gasteiger partial charge is 0.278 e. The number of aryl methyl sites for hydroxylation is 3. The van der Waals surface area contributed by atoms with Crippen molar-refractivity contribution in [2.45, 2.75) is 27.3 Å². The van der Waals surface area contributed by atoms with Crippen LogP contribution in [0.3, 0.4) is 0 Å². The third kappa shape index (κ3) is 4.09. The summed E-state index contributed by atoms with van der Waals surface area (Å²) in [5, 5.41) is 3.76. The summed E-state index contributed by atoms with van der Waals surface area (Å²) in [4.78, 5) is 32.2. The van der Waals surface area contributed by atoms with Crippen molar-refractivity contribution in [3.05, 3.63) is 99.5 Å². The number of imide groups is 1. The van der Waals surface area contributed by atoms with Crippen molar-refractivity contribution < 1.29 is 9.59 Å². The third-order valence-electron chi connectivity index (χ3n) is 5.37. The van der Waals surface area contributed by atoms with E-state index in [9.17, 15) is 9.59 Å². The maximum atomic E-state index is 13.5. The van der Waals surface area contributed by atoms with E-state index in [2.05, 4.69) is 10.3 Å². The van der Waals surface area contributed by atoms with Crippen LogP contribution < -0.4 is 5.32 Å². The number of nitrogens with one attached hydrogen (secondary N) is 1. The molecular weight excluding hydrogens is 410 g/mol. The molecule has 1 aromatic heterocycles. The van der Waals surface area contributed by atoms with E-state index < -0.39 is 0 Å². The minimum absolute atomic E-state index is 0.175. The van der Waals surface area contributed by atoms with Crippen molar-refractivity contribution in [1.29, 1.82) is 0 Å². The highest BCUT2D eigenvalue weighted by molar-refractivity contribution is 6.37. The van der Waals surface area contributed by atoms with Crippen LogP contribution in [0.4, 0.5) is 5.69 Å². The molecule has 156 valence electrons. The second-order valence-electron chi connectivity index (χ2n) is 7.70. The summed E-state index contributed by atoms with van der Waals surface area (Å²) in [7, 11) is 0. The predicted octanol–water partition coefficient (Wildman–Crippen LogP) is 5.05. The highest BCUT2D eigenvalue weighted by atomic mass is 35.5. The van der Waals surface area contributed by atoms with Gasteiger partial charge >= 0.3 is 0 Å². The zero-order valence-corrected chi connectivity index (χ0v) is 18.3. The van der Waals surface area contributed by atoms with Crippen molar-refractivity contribution >= 4 is 34.7 Å². The number of amides is 2. The molecule has 0 aliphatic carbocycles. The van der Waals surface area contributed by atoms with Crippen molar-refractivity contribution in [3.8, 4) is 0 Å². The fourth-order valence-corrected chi connectivity index (χ4v) is 3.89. The molecule has 0 atom stereocenters. The summed E-state index contributed by atoms with van der Waals surface area (Å²) in [5.41, 5.74) is 5.84. The minimum atomic E-state index is -0.365. The highest BCUT2D eigenvalue weighted by Crippen LogP contribution is 2.34. The van der Waals surface area contributed by atoms with E-state index in [4.69, 9.17) is 11.6 Å². The molecule has 2 heterocycles. The average molecular weight is 432 g/mol. The molecular formula is C25H22ClN3O2. The quantitative estimate of drug-likeness (QED) is 0.574. The van der Waals surface area contributed by atoms with E-state index in [1.54, 1.807) is 36.7 Å². The Hall–Kier alpha value is -3.44. The lowest BCUT2D eigenvalue weighted by atomic mass is 9.97. The Morgan fingerprint density at radius 2 is 1.65 bits per heavy atom. The number of rotatable bonds is 5. The molecule has 2 aromatic carbocycles. The molecule has 0 saturated heterocycles. The zero-order valence-electron chi connectivity index (χ0n) is 17.6. The van der Waals surface area contributed by atoms with E-state index in [-0.39, 0.29) is 24.1 Å². The second kappa shape index (κ2) is 8.36. The van der Waals surface area contributed by atoms with Crippen molar-refractivity contribution in [3.63, 3.8) is 0 Å². The van der Waals surface area contributed by atoms with Gasteiger partial charge in [0.15, 0.2) is 0 Å². The maximum absolute atomic E-state index is 13.5. The third-order valence-corrected chi connectivity index (χ3v) is 5.60. The van der Waals surface area contributed by atoms with Gasteiger partial charge < -0.3 is 5.32 Å². The summed E-state index contributed by atoms with van der Waals surface area (Å²) in [5.74, 6) is -0.688. The molecule has 6 heteroatoms. The van der Waals surface area contributed by atoms with Gasteiger partial charge in [-0.3, -0.25) is 19.5 Å². The lowest BCUT2D eigenvalue weighted by molar-refractivity contribution is -0.137. The molecule has 4 rings (SSSR count). The molecule has 2 amide bonds. The molecule has 0 fully saturated rings. The fourth-order valence-electron chi connectivity index (χ4n) is 3.71. The van der Waals surface area contributed by atoms with Crippen LogP contribution in [0.5, 0.6) is 0 Å². The molecule has 1 N–H and O–H groups in total. The molecule has 0 bridgehead atoms. The maximum Gasteiger partial charge on any atom is 0.278 e. The summed E-state index contributed by atoms with van der Waals surface area (Å²) in [6.45, 7) is 6.04. The number of pyridine rings is 1. The molecule has 0 saturated carbocycles. The molecule has 1 aliphatic rings. The lowest BCUT2D eigenvalue weighted by Crippen LogP contribution is -2.32. The molecule has 0 unspecified atom stereocenters. The average Bonchev–Trinajstić information content (AvgIpc) is 2.96. The van der Waals surface area contributed by atoms with Gasteiger partial charge in [0.05, 0.1) is 12.1 Å². The normalized spacial score (nSPS) is 13.9. The zero-order chi connectivity index (χ0) is 22.1. The first-order valence-electron chi connectivity index (χ1n) is 9.95. The number of hydrogen-bond acceptors (Lipinski definition) is 4. The molecule has 31 heavy (non-hydrogen) atoms. The Morgan fingerprint density at radius 3 is 2.35 bits per heavy atom. The lowest BCUT2D eigenvalue weighted by Gasteiger charge is -2.16. The Balaban J connectivity index is 1.81. The largest absolute Gasteiger partial charge is 0.350 e. The van der Waals surface area contributed by atoms with Crippen LogP contribution in [0.15, 0.2) is 66.6 Å². The summed E-state index contributed by atoms with van der Waals surface area (Å²) >= 11 is 6.18. The highest BCUT2D eigenvalue weighted by Gasteiger charge is 2.39. The monoisotopic (exact) mass is 431 g/mol. The Kier molecular flexibility index (Phi) is 5.61. The first kappa shape index (κ1) is 20.8. The Bertz CT molecular complexity index is 1220. The van der Waals surface area contributed by atoms with Gasteiger partial charge in [0.1, 0.15) is 5.70 Å². The molecule has 3 aromatic rings. The van der Waals surface area contributed by atoms with Gasteiger partial charge in [0, 0.05) is 23.1 Å². The van der Waals surface area contributed by atoms with Gasteiger partial charge in [-0.1, -0.05) is 41.4 Å². The number of aromatic nitrogens is 1. The molecule has 5 nitrogen and oxygen atoms in total. The number of carbonyl (C=O) groups excluding carboxylic acids is 2. The van der Waals surface area contributed by atoms with Crippen LogP contribution >= 0.6 is 11.6 Å². The van der Waals surface area contributed by atoms with Gasteiger partial charge in [-0.2, -0.15) is 0 Å². The topological polar surface area (TPSA) is 62.3 Å². The van der Waals surface area contributed by atoms with E-state index in [1.165, 1.54) is 4.90 Å². The van der Waals surface area contributed by atoms with Gasteiger partial charge in [0.25, 0.3) is 11.8 Å². The van der Waals surface area contributed by atoms with Crippen LogP contribution in [-0.4, -0.2) is 21.7 Å². The fraction of sp³-hybridized carbons (Fsp3) is 0.160.